The molecule has 1 aliphatic heterocycles. The van der Waals surface area contributed by atoms with Gasteiger partial charge in [0.1, 0.15) is 5.82 Å². The van der Waals surface area contributed by atoms with Gasteiger partial charge in [0.15, 0.2) is 5.96 Å². The van der Waals surface area contributed by atoms with Crippen molar-refractivity contribution >= 4 is 11.8 Å². The standard InChI is InChI=1S/C22H29N5/c1-23-22(26-16-19-10-9-18-6-2-3-7-20(18)19)25-15-17-8-11-21(24-14-17)27-12-4-5-13-27/h2-3,6-8,11,14,19H,4-5,9-10,12-13,15-16H2,1H3,(H2,23,25,26). The van der Waals surface area contributed by atoms with Gasteiger partial charge in [-0.3, -0.25) is 4.99 Å². The van der Waals surface area contributed by atoms with Gasteiger partial charge in [-0.25, -0.2) is 4.98 Å². The topological polar surface area (TPSA) is 52.6 Å². The van der Waals surface area contributed by atoms with Crippen LogP contribution in [0.2, 0.25) is 0 Å². The quantitative estimate of drug-likeness (QED) is 0.633. The lowest BCUT2D eigenvalue weighted by Gasteiger charge is -2.17. The van der Waals surface area contributed by atoms with Crippen molar-refractivity contribution in [3.8, 4) is 0 Å². The number of anilines is 1. The van der Waals surface area contributed by atoms with E-state index in [4.69, 9.17) is 0 Å². The molecule has 0 amide bonds. The zero-order valence-electron chi connectivity index (χ0n) is 16.1. The fraction of sp³-hybridized carbons (Fsp3) is 0.455. The van der Waals surface area contributed by atoms with E-state index in [1.54, 1.807) is 0 Å². The van der Waals surface area contributed by atoms with Crippen LogP contribution in [-0.4, -0.2) is 37.6 Å². The molecular formula is C22H29N5. The van der Waals surface area contributed by atoms with Crippen LogP contribution in [0.4, 0.5) is 5.82 Å². The van der Waals surface area contributed by atoms with Crippen LogP contribution in [0.15, 0.2) is 47.6 Å². The van der Waals surface area contributed by atoms with Crippen molar-refractivity contribution in [2.24, 2.45) is 4.99 Å². The predicted molar refractivity (Wildman–Crippen MR) is 111 cm³/mol. The van der Waals surface area contributed by atoms with Crippen molar-refractivity contribution in [1.82, 2.24) is 15.6 Å². The summed E-state index contributed by atoms with van der Waals surface area (Å²) in [7, 11) is 1.83. The van der Waals surface area contributed by atoms with Crippen molar-refractivity contribution in [3.63, 3.8) is 0 Å². The Bertz CT molecular complexity index is 778. The second-order valence-corrected chi connectivity index (χ2v) is 7.46. The third-order valence-corrected chi connectivity index (χ3v) is 5.70. The van der Waals surface area contributed by atoms with Crippen molar-refractivity contribution in [3.05, 3.63) is 59.3 Å². The van der Waals surface area contributed by atoms with E-state index in [1.807, 2.05) is 13.2 Å². The van der Waals surface area contributed by atoms with Crippen LogP contribution in [0.1, 0.15) is 41.9 Å². The molecule has 5 nitrogen and oxygen atoms in total. The number of hydrogen-bond acceptors (Lipinski definition) is 3. The second-order valence-electron chi connectivity index (χ2n) is 7.46. The number of aromatic nitrogens is 1. The normalized spacial score (nSPS) is 19.2. The highest BCUT2D eigenvalue weighted by molar-refractivity contribution is 5.79. The number of pyridine rings is 1. The largest absolute Gasteiger partial charge is 0.357 e. The van der Waals surface area contributed by atoms with Gasteiger partial charge in [-0.2, -0.15) is 0 Å². The van der Waals surface area contributed by atoms with Gasteiger partial charge >= 0.3 is 0 Å². The van der Waals surface area contributed by atoms with Crippen molar-refractivity contribution in [1.29, 1.82) is 0 Å². The number of nitrogens with zero attached hydrogens (tertiary/aromatic N) is 3. The molecule has 2 aliphatic rings. The average Bonchev–Trinajstić information content (AvgIpc) is 3.39. The molecule has 27 heavy (non-hydrogen) atoms. The van der Waals surface area contributed by atoms with Crippen LogP contribution in [0, 0.1) is 0 Å². The molecule has 1 saturated heterocycles. The first-order valence-corrected chi connectivity index (χ1v) is 10.1. The first-order chi connectivity index (χ1) is 13.3. The molecule has 1 atom stereocenters. The van der Waals surface area contributed by atoms with Crippen molar-refractivity contribution < 1.29 is 0 Å². The lowest BCUT2D eigenvalue weighted by molar-refractivity contribution is 0.641. The Kier molecular flexibility index (Phi) is 5.56. The number of guanidine groups is 1. The Morgan fingerprint density at radius 2 is 2.00 bits per heavy atom. The van der Waals surface area contributed by atoms with Crippen LogP contribution >= 0.6 is 0 Å². The molecule has 1 aromatic carbocycles. The van der Waals surface area contributed by atoms with E-state index >= 15 is 0 Å². The average molecular weight is 364 g/mol. The monoisotopic (exact) mass is 363 g/mol. The van der Waals surface area contributed by atoms with Crippen LogP contribution < -0.4 is 15.5 Å². The molecule has 0 spiro atoms. The number of fused-ring (bicyclic) bond motifs is 1. The Labute approximate surface area is 161 Å². The molecule has 2 N–H and O–H groups in total. The number of rotatable bonds is 5. The molecular weight excluding hydrogens is 334 g/mol. The molecule has 1 aromatic heterocycles. The number of aliphatic imine (C=N–C) groups is 1. The van der Waals surface area contributed by atoms with E-state index in [0.29, 0.717) is 5.92 Å². The summed E-state index contributed by atoms with van der Waals surface area (Å²) in [5, 5.41) is 6.90. The highest BCUT2D eigenvalue weighted by Gasteiger charge is 2.21. The van der Waals surface area contributed by atoms with Crippen LogP contribution in [0.3, 0.4) is 0 Å². The molecule has 1 aliphatic carbocycles. The second kappa shape index (κ2) is 8.42. The van der Waals surface area contributed by atoms with Crippen molar-refractivity contribution in [2.75, 3.05) is 31.6 Å². The van der Waals surface area contributed by atoms with E-state index < -0.39 is 0 Å². The van der Waals surface area contributed by atoms with E-state index in [9.17, 15) is 0 Å². The van der Waals surface area contributed by atoms with E-state index in [1.165, 1.54) is 42.4 Å². The fourth-order valence-electron chi connectivity index (χ4n) is 4.14. The highest BCUT2D eigenvalue weighted by atomic mass is 15.2. The van der Waals surface area contributed by atoms with Gasteiger partial charge in [0.05, 0.1) is 0 Å². The van der Waals surface area contributed by atoms with E-state index in [2.05, 4.69) is 61.9 Å². The molecule has 0 bridgehead atoms. The summed E-state index contributed by atoms with van der Waals surface area (Å²) in [5.74, 6) is 2.52. The maximum atomic E-state index is 4.62. The lowest BCUT2D eigenvalue weighted by Crippen LogP contribution is -2.38. The summed E-state index contributed by atoms with van der Waals surface area (Å²) in [6, 6.07) is 13.1. The van der Waals surface area contributed by atoms with E-state index in [-0.39, 0.29) is 0 Å². The smallest absolute Gasteiger partial charge is 0.191 e. The summed E-state index contributed by atoms with van der Waals surface area (Å²) in [6.45, 7) is 3.91. The molecule has 2 heterocycles. The summed E-state index contributed by atoms with van der Waals surface area (Å²) < 4.78 is 0. The van der Waals surface area contributed by atoms with E-state index in [0.717, 1.165) is 38.0 Å². The van der Waals surface area contributed by atoms with Gasteiger partial charge in [0.2, 0.25) is 0 Å². The SMILES string of the molecule is CN=C(NCc1ccc(N2CCCC2)nc1)NCC1CCc2ccccc21. The summed E-state index contributed by atoms with van der Waals surface area (Å²) in [4.78, 5) is 11.3. The minimum absolute atomic E-state index is 0.571. The van der Waals surface area contributed by atoms with Gasteiger partial charge < -0.3 is 15.5 Å². The Hall–Kier alpha value is -2.56. The van der Waals surface area contributed by atoms with Gasteiger partial charge in [-0.15, -0.1) is 0 Å². The first-order valence-electron chi connectivity index (χ1n) is 10.1. The van der Waals surface area contributed by atoms with Crippen LogP contribution in [0.5, 0.6) is 0 Å². The van der Waals surface area contributed by atoms with Crippen molar-refractivity contribution in [2.45, 2.75) is 38.1 Å². The predicted octanol–water partition coefficient (Wildman–Crippen LogP) is 3.08. The van der Waals surface area contributed by atoms with Gasteiger partial charge in [0, 0.05) is 45.3 Å². The van der Waals surface area contributed by atoms with Gasteiger partial charge in [-0.05, 0) is 48.4 Å². The third kappa shape index (κ3) is 4.24. The van der Waals surface area contributed by atoms with Crippen LogP contribution in [-0.2, 0) is 13.0 Å². The molecule has 0 radical (unpaired) electrons. The Balaban J connectivity index is 1.27. The molecule has 142 valence electrons. The molecule has 1 fully saturated rings. The molecule has 2 aromatic rings. The van der Waals surface area contributed by atoms with Gasteiger partial charge in [-0.1, -0.05) is 30.3 Å². The fourth-order valence-corrected chi connectivity index (χ4v) is 4.14. The summed E-state index contributed by atoms with van der Waals surface area (Å²) in [5.41, 5.74) is 4.16. The summed E-state index contributed by atoms with van der Waals surface area (Å²) in [6.07, 6.45) is 6.92. The highest BCUT2D eigenvalue weighted by Crippen LogP contribution is 2.32. The maximum Gasteiger partial charge on any atom is 0.191 e. The zero-order chi connectivity index (χ0) is 18.5. The minimum Gasteiger partial charge on any atom is -0.357 e. The number of benzene rings is 1. The number of hydrogen-bond donors (Lipinski definition) is 2. The zero-order valence-corrected chi connectivity index (χ0v) is 16.1. The number of nitrogens with one attached hydrogen (secondary N) is 2. The lowest BCUT2D eigenvalue weighted by atomic mass is 10.0. The van der Waals surface area contributed by atoms with Crippen LogP contribution in [0.25, 0.3) is 0 Å². The number of aryl methyl sites for hydroxylation is 1. The molecule has 0 saturated carbocycles. The maximum absolute atomic E-state index is 4.62. The Morgan fingerprint density at radius 1 is 1.15 bits per heavy atom. The third-order valence-electron chi connectivity index (χ3n) is 5.70. The van der Waals surface area contributed by atoms with Gasteiger partial charge in [0.25, 0.3) is 0 Å². The summed E-state index contributed by atoms with van der Waals surface area (Å²) >= 11 is 0. The molecule has 4 rings (SSSR count). The molecule has 1 unspecified atom stereocenters. The Morgan fingerprint density at radius 3 is 2.78 bits per heavy atom. The first kappa shape index (κ1) is 17.8. The molecule has 5 heteroatoms. The minimum atomic E-state index is 0.571.